The molecule has 468 valence electrons. The van der Waals surface area contributed by atoms with Crippen molar-refractivity contribution in [3.63, 3.8) is 0 Å². The number of hydroxylamine groups is 1. The molecule has 5 heterocycles. The van der Waals surface area contributed by atoms with E-state index < -0.39 is 220 Å². The number of rotatable bonds is 24. The van der Waals surface area contributed by atoms with E-state index in [9.17, 15) is 88.0 Å². The zero-order valence-corrected chi connectivity index (χ0v) is 45.3. The van der Waals surface area contributed by atoms with Crippen LogP contribution in [-0.2, 0) is 110 Å². The molecule has 6 aliphatic rings. The van der Waals surface area contributed by atoms with Gasteiger partial charge in [0.2, 0.25) is 0 Å². The van der Waals surface area contributed by atoms with Gasteiger partial charge in [-0.1, -0.05) is 26.2 Å². The molecule has 0 bridgehead atoms. The Labute approximate surface area is 456 Å². The van der Waals surface area contributed by atoms with Gasteiger partial charge in [-0.15, -0.1) is 0 Å². The topological polar surface area (TPSA) is 598 Å². The van der Waals surface area contributed by atoms with E-state index in [0.717, 1.165) is 32.1 Å². The van der Waals surface area contributed by atoms with Gasteiger partial charge in [0.1, 0.15) is 79.5 Å². The van der Waals surface area contributed by atoms with Crippen LogP contribution in [0, 0.1) is 17.0 Å². The molecule has 1 saturated carbocycles. The number of ether oxygens (including phenoxy) is 10. The molecule has 5 saturated heterocycles. The molecule has 0 amide bonds. The largest absolute Gasteiger partial charge is 0.786 e. The number of carboxylic acid groups (broad SMARTS) is 1. The summed E-state index contributed by atoms with van der Waals surface area (Å²) in [5, 5.41) is 78.2. The fraction of sp³-hybridized carbons (Fsp3) is 0.974. The molecule has 6 rings (SSSR count). The Morgan fingerprint density at radius 1 is 0.525 bits per heavy atom. The molecule has 10 unspecified atom stereocenters. The second kappa shape index (κ2) is 27.7. The number of aliphatic carboxylic acids is 1. The van der Waals surface area contributed by atoms with E-state index in [-0.39, 0.29) is 12.5 Å². The Morgan fingerprint density at radius 3 is 1.59 bits per heavy atom. The average molecular weight is 1250 g/mol. The average Bonchev–Trinajstić information content (AvgIpc) is 3.40. The standard InChI is InChI=1S/C38H67N4O34S4/c1-12-18(39)35(69-16(10-65-78(54,55)56)26(12)70-37-24(46)23(45)29(32(74-37)34(48)49)72-36-20(41)22(44)21(43)15(68-36)9-64-77(51,52)53)73-30-25(47)31(76-80(60,61)62)38(75-33(30)42-50)71-27-17(11-66-79(57,58)59)67-13(2)19(40)28(27)63-8-14-6-4-3-5-7-14/h12-33,35-38,42-47H,3-11,39-41H2,1-2H3,(H,48,49)(H,51,52,53)(H,54,55,56)(H,57,58,59)(H,60,61,62)/q-1/t12-,13-,15?,16?,17?,18?,19?,20?,21-,22-,23-,24?,25?,26+,27-,28-,29+,30+,31?,32?,33-,35-,36-,37-,38-/m1/s1. The minimum absolute atomic E-state index is 0.0223. The third-order valence-corrected chi connectivity index (χ3v) is 15.8. The highest BCUT2D eigenvalue weighted by Crippen LogP contribution is 2.38. The van der Waals surface area contributed by atoms with Crippen LogP contribution in [0.15, 0.2) is 0 Å². The zero-order chi connectivity index (χ0) is 59.6. The van der Waals surface area contributed by atoms with E-state index in [2.05, 4.69) is 12.5 Å². The number of nitrogens with two attached hydrogens (primary N) is 3. The SMILES string of the molecule is C[C@@H]1C(N)[C@@H](O[C@H]2C(O)C(OS(=O)(=O)O)[C@H](O[C@@H]3C(COS(=O)(=O)O)O[C@H](C)C(N)[C@H]3OCC3CCCCC3)O[C@H]2N[O-])OC(COS(=O)(=O)O)[C@H]1O[C@@H]1OC(C(=O)O)[C@@H](O[C@H]2OC(COS(=O)(=O)O)[C@@H](O)[C@H](O)C2N)[C@H](O)C1O. The maximum absolute atomic E-state index is 12.7. The lowest BCUT2D eigenvalue weighted by Gasteiger charge is -2.51. The number of hydrogen-bond acceptors (Lipinski definition) is 33. The van der Waals surface area contributed by atoms with Crippen LogP contribution in [0.4, 0.5) is 0 Å². The van der Waals surface area contributed by atoms with Crippen LogP contribution >= 0.6 is 0 Å². The van der Waals surface area contributed by atoms with Crippen molar-refractivity contribution >= 4 is 47.6 Å². The summed E-state index contributed by atoms with van der Waals surface area (Å²) >= 11 is 0. The van der Waals surface area contributed by atoms with E-state index in [0.29, 0.717) is 0 Å². The van der Waals surface area contributed by atoms with E-state index >= 15 is 0 Å². The first kappa shape index (κ1) is 67.3. The van der Waals surface area contributed by atoms with Gasteiger partial charge in [-0.25, -0.2) is 21.5 Å². The van der Waals surface area contributed by atoms with Gasteiger partial charge in [-0.3, -0.25) is 18.2 Å². The van der Waals surface area contributed by atoms with Crippen molar-refractivity contribution in [1.29, 1.82) is 0 Å². The van der Waals surface area contributed by atoms with Crippen LogP contribution in [-0.4, -0.2) is 262 Å². The lowest BCUT2D eigenvalue weighted by atomic mass is 9.88. The van der Waals surface area contributed by atoms with Gasteiger partial charge in [-0.2, -0.15) is 33.7 Å². The number of aliphatic hydroxyl groups is 5. The number of carbonyl (C=O) groups is 1. The van der Waals surface area contributed by atoms with E-state index in [1.807, 2.05) is 0 Å². The van der Waals surface area contributed by atoms with Crippen molar-refractivity contribution in [2.24, 2.45) is 29.0 Å². The number of hydrogen-bond donors (Lipinski definition) is 14. The third-order valence-electron chi connectivity index (χ3n) is 14.1. The maximum Gasteiger partial charge on any atom is 0.397 e. The van der Waals surface area contributed by atoms with Crippen molar-refractivity contribution in [3.05, 3.63) is 5.21 Å². The first-order chi connectivity index (χ1) is 37.1. The van der Waals surface area contributed by atoms with Gasteiger partial charge in [0.25, 0.3) is 0 Å². The number of carboxylic acids is 1. The number of aliphatic hydroxyl groups excluding tert-OH is 5. The van der Waals surface area contributed by atoms with Gasteiger partial charge >= 0.3 is 47.6 Å². The lowest BCUT2D eigenvalue weighted by molar-refractivity contribution is -0.371. The smallest absolute Gasteiger partial charge is 0.397 e. The molecule has 17 N–H and O–H groups in total. The van der Waals surface area contributed by atoms with Gasteiger partial charge in [0.15, 0.2) is 37.4 Å². The quantitative estimate of drug-likeness (QED) is 0.0315. The second-order valence-corrected chi connectivity index (χ2v) is 24.0. The molecule has 0 radical (unpaired) electrons. The van der Waals surface area contributed by atoms with Crippen molar-refractivity contribution in [3.8, 4) is 0 Å². The first-order valence-electron chi connectivity index (χ1n) is 24.4. The Balaban J connectivity index is 1.23. The van der Waals surface area contributed by atoms with Crippen molar-refractivity contribution in [2.45, 2.75) is 193 Å². The third kappa shape index (κ3) is 17.6. The summed E-state index contributed by atoms with van der Waals surface area (Å²) in [5.74, 6) is -3.27. The van der Waals surface area contributed by atoms with Crippen LogP contribution in [0.3, 0.4) is 0 Å². The second-order valence-electron chi connectivity index (χ2n) is 19.6. The highest BCUT2D eigenvalue weighted by Gasteiger charge is 2.58. The van der Waals surface area contributed by atoms with Crippen LogP contribution in [0.2, 0.25) is 0 Å². The molecule has 38 nitrogen and oxygen atoms in total. The Morgan fingerprint density at radius 2 is 1.04 bits per heavy atom. The Bertz CT molecular complexity index is 2490. The molecule has 0 aromatic rings. The minimum atomic E-state index is -5.65. The Hall–Kier alpha value is -1.85. The molecule has 0 aromatic heterocycles. The highest BCUT2D eigenvalue weighted by molar-refractivity contribution is 7.81. The van der Waals surface area contributed by atoms with Crippen LogP contribution < -0.4 is 22.7 Å². The minimum Gasteiger partial charge on any atom is -0.786 e. The van der Waals surface area contributed by atoms with Crippen molar-refractivity contribution in [2.75, 3.05) is 26.4 Å². The van der Waals surface area contributed by atoms with Gasteiger partial charge < -0.3 is 106 Å². The van der Waals surface area contributed by atoms with Crippen LogP contribution in [0.25, 0.3) is 0 Å². The highest BCUT2D eigenvalue weighted by atomic mass is 32.3. The molecule has 1 aliphatic carbocycles. The molecular weight excluding hydrogens is 1180 g/mol. The summed E-state index contributed by atoms with van der Waals surface area (Å²) in [6.07, 6.45) is -38.2. The van der Waals surface area contributed by atoms with Crippen LogP contribution in [0.1, 0.15) is 46.0 Å². The maximum atomic E-state index is 12.7. The fourth-order valence-corrected chi connectivity index (χ4v) is 11.3. The van der Waals surface area contributed by atoms with E-state index in [4.69, 9.17) is 73.3 Å². The molecule has 6 fully saturated rings. The Kier molecular flexibility index (Phi) is 23.3. The molecule has 80 heavy (non-hydrogen) atoms. The van der Waals surface area contributed by atoms with Gasteiger partial charge in [0.05, 0.1) is 50.2 Å². The number of nitrogens with one attached hydrogen (secondary N) is 1. The predicted molar refractivity (Wildman–Crippen MR) is 251 cm³/mol. The summed E-state index contributed by atoms with van der Waals surface area (Å²) in [6, 6.07) is -4.53. The molecule has 25 atom stereocenters. The molecule has 0 aromatic carbocycles. The molecule has 0 spiro atoms. The monoisotopic (exact) mass is 1250 g/mol. The fourth-order valence-electron chi connectivity index (χ4n) is 9.88. The van der Waals surface area contributed by atoms with E-state index in [1.165, 1.54) is 19.3 Å². The predicted octanol–water partition coefficient (Wildman–Crippen LogP) is -7.62. The zero-order valence-electron chi connectivity index (χ0n) is 42.0. The van der Waals surface area contributed by atoms with Crippen LogP contribution in [0.5, 0.6) is 0 Å². The summed E-state index contributed by atoms with van der Waals surface area (Å²) in [5.41, 5.74) is 20.3. The van der Waals surface area contributed by atoms with Gasteiger partial charge in [-0.05, 0) is 25.7 Å². The summed E-state index contributed by atoms with van der Waals surface area (Å²) in [6.45, 7) is -0.613. The van der Waals surface area contributed by atoms with Gasteiger partial charge in [0, 0.05) is 12.5 Å². The molecular formula is C38H67N4O34S4-. The lowest BCUT2D eigenvalue weighted by Crippen LogP contribution is -2.69. The first-order valence-corrected chi connectivity index (χ1v) is 29.8. The molecule has 5 aliphatic heterocycles. The summed E-state index contributed by atoms with van der Waals surface area (Å²) < 4.78 is 208. The summed E-state index contributed by atoms with van der Waals surface area (Å²) in [7, 11) is -21.3. The normalized spacial score (nSPS) is 43.0. The van der Waals surface area contributed by atoms with E-state index in [1.54, 1.807) is 0 Å². The summed E-state index contributed by atoms with van der Waals surface area (Å²) in [4.78, 5) is 12.6. The van der Waals surface area contributed by atoms with Crippen molar-refractivity contribution in [1.82, 2.24) is 5.48 Å². The van der Waals surface area contributed by atoms with Crippen molar-refractivity contribution < 1.29 is 151 Å². The molecule has 42 heteroatoms.